The Labute approximate surface area is 168 Å². The minimum absolute atomic E-state index is 0.123. The van der Waals surface area contributed by atoms with Gasteiger partial charge in [0.15, 0.2) is 5.82 Å². The van der Waals surface area contributed by atoms with Crippen molar-refractivity contribution in [1.82, 2.24) is 29.3 Å². The van der Waals surface area contributed by atoms with E-state index in [-0.39, 0.29) is 12.1 Å². The van der Waals surface area contributed by atoms with Crippen LogP contribution in [0.25, 0.3) is 22.9 Å². The quantitative estimate of drug-likeness (QED) is 0.678. The van der Waals surface area contributed by atoms with Crippen LogP contribution in [0.15, 0.2) is 24.8 Å². The topological polar surface area (TPSA) is 97.7 Å². The lowest BCUT2D eigenvalue weighted by Crippen LogP contribution is -2.28. The second kappa shape index (κ2) is 6.88. The van der Waals surface area contributed by atoms with Crippen molar-refractivity contribution in [3.8, 4) is 34.7 Å². The molecule has 0 N–H and O–H groups in total. The molecule has 0 aliphatic carbocycles. The number of hydrogen-bond acceptors (Lipinski definition) is 7. The highest BCUT2D eigenvalue weighted by molar-refractivity contribution is 5.69. The molecule has 5 rings (SSSR count). The second-order valence-electron chi connectivity index (χ2n) is 7.63. The number of ether oxygens (including phenoxy) is 1. The van der Waals surface area contributed by atoms with E-state index in [9.17, 15) is 5.26 Å². The normalized spacial score (nSPS) is 18.1. The molecule has 3 aromatic heterocycles. The number of nitriles is 1. The van der Waals surface area contributed by atoms with Crippen molar-refractivity contribution >= 4 is 5.82 Å². The van der Waals surface area contributed by atoms with Crippen LogP contribution in [0.4, 0.5) is 5.82 Å². The number of pyridine rings is 1. The van der Waals surface area contributed by atoms with E-state index in [0.717, 1.165) is 53.9 Å². The molecule has 0 radical (unpaired) electrons. The van der Waals surface area contributed by atoms with Crippen molar-refractivity contribution in [3.63, 3.8) is 0 Å². The van der Waals surface area contributed by atoms with Crippen LogP contribution in [0.5, 0.6) is 5.75 Å². The van der Waals surface area contributed by atoms with E-state index in [1.165, 1.54) is 0 Å². The van der Waals surface area contributed by atoms with E-state index in [0.29, 0.717) is 13.2 Å². The number of rotatable bonds is 3. The van der Waals surface area contributed by atoms with Gasteiger partial charge >= 0.3 is 0 Å². The van der Waals surface area contributed by atoms with E-state index in [4.69, 9.17) is 9.72 Å². The van der Waals surface area contributed by atoms with Crippen LogP contribution in [-0.4, -0.2) is 48.5 Å². The van der Waals surface area contributed by atoms with Gasteiger partial charge in [0.2, 0.25) is 0 Å². The van der Waals surface area contributed by atoms with E-state index < -0.39 is 0 Å². The van der Waals surface area contributed by atoms with Crippen LogP contribution in [0.2, 0.25) is 0 Å². The Morgan fingerprint density at radius 2 is 2.14 bits per heavy atom. The molecule has 148 valence electrons. The Hall–Kier alpha value is -3.41. The van der Waals surface area contributed by atoms with Crippen molar-refractivity contribution in [2.24, 2.45) is 0 Å². The molecule has 1 fully saturated rings. The summed E-state index contributed by atoms with van der Waals surface area (Å²) >= 11 is 0. The summed E-state index contributed by atoms with van der Waals surface area (Å²) in [6, 6.07) is 4.38. The Morgan fingerprint density at radius 1 is 1.24 bits per heavy atom. The summed E-state index contributed by atoms with van der Waals surface area (Å²) in [6.45, 7) is 6.21. The highest BCUT2D eigenvalue weighted by atomic mass is 16.5. The molecule has 1 unspecified atom stereocenters. The lowest BCUT2D eigenvalue weighted by atomic mass is 10.2. The highest BCUT2D eigenvalue weighted by Gasteiger charge is 2.28. The summed E-state index contributed by atoms with van der Waals surface area (Å²) in [5.41, 5.74) is 1.63. The fourth-order valence-corrected chi connectivity index (χ4v) is 4.02. The number of nitrogens with zero attached hydrogens (tertiary/aromatic N) is 8. The largest absolute Gasteiger partial charge is 0.491 e. The summed E-state index contributed by atoms with van der Waals surface area (Å²) in [7, 11) is 0. The highest BCUT2D eigenvalue weighted by Crippen LogP contribution is 2.36. The minimum Gasteiger partial charge on any atom is -0.491 e. The van der Waals surface area contributed by atoms with Gasteiger partial charge < -0.3 is 14.2 Å². The average molecular weight is 390 g/mol. The number of hydrogen-bond donors (Lipinski definition) is 0. The van der Waals surface area contributed by atoms with Crippen molar-refractivity contribution in [3.05, 3.63) is 24.8 Å². The smallest absolute Gasteiger partial charge is 0.178 e. The summed E-state index contributed by atoms with van der Waals surface area (Å²) in [5.74, 6) is 3.09. The zero-order chi connectivity index (χ0) is 20.0. The summed E-state index contributed by atoms with van der Waals surface area (Å²) in [6.07, 6.45) is 7.24. The van der Waals surface area contributed by atoms with E-state index in [2.05, 4.69) is 44.5 Å². The van der Waals surface area contributed by atoms with Gasteiger partial charge in [-0.2, -0.15) is 10.4 Å². The Balaban J connectivity index is 1.55. The van der Waals surface area contributed by atoms with Gasteiger partial charge in [-0.25, -0.2) is 19.6 Å². The number of aromatic nitrogens is 6. The molecule has 0 saturated carbocycles. The minimum atomic E-state index is -0.123. The van der Waals surface area contributed by atoms with Crippen LogP contribution < -0.4 is 9.64 Å². The zero-order valence-corrected chi connectivity index (χ0v) is 16.5. The van der Waals surface area contributed by atoms with Crippen molar-refractivity contribution < 1.29 is 4.74 Å². The maximum absolute atomic E-state index is 9.39. The van der Waals surface area contributed by atoms with Gasteiger partial charge in [0.25, 0.3) is 0 Å². The van der Waals surface area contributed by atoms with Gasteiger partial charge in [-0.3, -0.25) is 0 Å². The molecular formula is C20H22N8O. The molecular weight excluding hydrogens is 368 g/mol. The van der Waals surface area contributed by atoms with Gasteiger partial charge in [-0.05, 0) is 26.7 Å². The number of fused-ring (bicyclic) bond motifs is 3. The first-order valence-electron chi connectivity index (χ1n) is 9.92. The standard InChI is InChI=1S/C20H22N8O/c1-13(2)28-20(23-12-24-28)16-11-26-6-7-29-17-8-18(22-10-15(17)19(26)25-16)27-5-3-4-14(27)9-21/h8,10-14H,3-7H2,1-2H3. The number of imidazole rings is 1. The molecule has 5 heterocycles. The van der Waals surface area contributed by atoms with Gasteiger partial charge in [0.05, 0.1) is 18.2 Å². The average Bonchev–Trinajstić information content (AvgIpc) is 3.45. The third-order valence-corrected chi connectivity index (χ3v) is 5.45. The van der Waals surface area contributed by atoms with Crippen LogP contribution >= 0.6 is 0 Å². The fourth-order valence-electron chi connectivity index (χ4n) is 4.02. The first kappa shape index (κ1) is 17.7. The molecule has 0 bridgehead atoms. The third kappa shape index (κ3) is 2.92. The van der Waals surface area contributed by atoms with Crippen molar-refractivity contribution in [2.45, 2.75) is 45.3 Å². The predicted octanol–water partition coefficient (Wildman–Crippen LogP) is 2.67. The van der Waals surface area contributed by atoms with Crippen molar-refractivity contribution in [2.75, 3.05) is 18.1 Å². The van der Waals surface area contributed by atoms with Gasteiger partial charge in [0.1, 0.15) is 42.1 Å². The molecule has 0 spiro atoms. The predicted molar refractivity (Wildman–Crippen MR) is 106 cm³/mol. The first-order chi connectivity index (χ1) is 14.2. The molecule has 3 aromatic rings. The summed E-state index contributed by atoms with van der Waals surface area (Å²) < 4.78 is 9.96. The van der Waals surface area contributed by atoms with Gasteiger partial charge in [-0.1, -0.05) is 0 Å². The number of anilines is 1. The van der Waals surface area contributed by atoms with Crippen LogP contribution in [-0.2, 0) is 6.54 Å². The van der Waals surface area contributed by atoms with E-state index in [1.807, 2.05) is 16.9 Å². The monoisotopic (exact) mass is 390 g/mol. The van der Waals surface area contributed by atoms with E-state index in [1.54, 1.807) is 12.5 Å². The van der Waals surface area contributed by atoms with Crippen LogP contribution in [0.3, 0.4) is 0 Å². The van der Waals surface area contributed by atoms with E-state index >= 15 is 0 Å². The van der Waals surface area contributed by atoms with Crippen LogP contribution in [0.1, 0.15) is 32.7 Å². The van der Waals surface area contributed by atoms with Crippen LogP contribution in [0, 0.1) is 11.3 Å². The molecule has 0 aromatic carbocycles. The molecule has 9 heteroatoms. The first-order valence-corrected chi connectivity index (χ1v) is 9.92. The SMILES string of the molecule is CC(C)n1ncnc1-c1cn2c(n1)-c1cnc(N3CCCC3C#N)cc1OCC2. The zero-order valence-electron chi connectivity index (χ0n) is 16.5. The van der Waals surface area contributed by atoms with Crippen molar-refractivity contribution in [1.29, 1.82) is 5.26 Å². The summed E-state index contributed by atoms with van der Waals surface area (Å²) in [5, 5.41) is 13.7. The lowest BCUT2D eigenvalue weighted by Gasteiger charge is -2.21. The fraction of sp³-hybridized carbons (Fsp3) is 0.450. The van der Waals surface area contributed by atoms with Gasteiger partial charge in [-0.15, -0.1) is 0 Å². The molecule has 0 amide bonds. The molecule has 2 aliphatic heterocycles. The van der Waals surface area contributed by atoms with Gasteiger partial charge in [0, 0.05) is 31.0 Å². The second-order valence-corrected chi connectivity index (χ2v) is 7.63. The summed E-state index contributed by atoms with van der Waals surface area (Å²) in [4.78, 5) is 15.9. The Morgan fingerprint density at radius 3 is 2.97 bits per heavy atom. The molecule has 29 heavy (non-hydrogen) atoms. The molecule has 1 saturated heterocycles. The Bertz CT molecular complexity index is 1090. The Kier molecular flexibility index (Phi) is 4.19. The third-order valence-electron chi connectivity index (χ3n) is 5.45. The maximum Gasteiger partial charge on any atom is 0.178 e. The maximum atomic E-state index is 9.39. The molecule has 1 atom stereocenters. The molecule has 2 aliphatic rings. The lowest BCUT2D eigenvalue weighted by molar-refractivity contribution is 0.306. The molecule has 9 nitrogen and oxygen atoms in total.